The van der Waals surface area contributed by atoms with Gasteiger partial charge in [-0.3, -0.25) is 9.89 Å². The van der Waals surface area contributed by atoms with Crippen molar-refractivity contribution >= 4 is 29.2 Å². The number of likely N-dealkylation sites (tertiary alicyclic amines) is 1. The fourth-order valence-electron chi connectivity index (χ4n) is 3.37. The monoisotopic (exact) mass is 353 g/mol. The zero-order valence-electron chi connectivity index (χ0n) is 13.8. The Kier molecular flexibility index (Phi) is 4.31. The molecule has 1 aliphatic heterocycles. The Balaban J connectivity index is 1.83. The van der Waals surface area contributed by atoms with Crippen LogP contribution < -0.4 is 0 Å². The summed E-state index contributed by atoms with van der Waals surface area (Å²) < 4.78 is 2.36. The molecule has 25 heavy (non-hydrogen) atoms. The zero-order chi connectivity index (χ0) is 17.2. The minimum Gasteiger partial charge on any atom is -0.341 e. The van der Waals surface area contributed by atoms with Crippen molar-refractivity contribution in [1.29, 1.82) is 0 Å². The summed E-state index contributed by atoms with van der Waals surface area (Å²) in [5.74, 6) is 0.0756. The van der Waals surface area contributed by atoms with Crippen molar-refractivity contribution in [2.75, 3.05) is 13.1 Å². The minimum atomic E-state index is -0.501. The quantitative estimate of drug-likeness (QED) is 0.735. The number of aromatic nitrogens is 4. The van der Waals surface area contributed by atoms with Crippen molar-refractivity contribution in [2.24, 2.45) is 0 Å². The van der Waals surface area contributed by atoms with Crippen molar-refractivity contribution in [1.82, 2.24) is 24.6 Å². The van der Waals surface area contributed by atoms with Crippen molar-refractivity contribution in [3.05, 3.63) is 53.1 Å². The first-order valence-corrected chi connectivity index (χ1v) is 8.90. The fraction of sp³-hybridized carbons (Fsp3) is 0.333. The number of aromatic amines is 1. The van der Waals surface area contributed by atoms with Crippen LogP contribution in [0, 0.1) is 4.64 Å². The molecule has 128 valence electrons. The molecule has 0 saturated carbocycles. The average Bonchev–Trinajstić information content (AvgIpc) is 3.15. The van der Waals surface area contributed by atoms with Gasteiger partial charge >= 0.3 is 0 Å². The van der Waals surface area contributed by atoms with Crippen LogP contribution in [0.25, 0.3) is 11.0 Å². The summed E-state index contributed by atoms with van der Waals surface area (Å²) >= 11 is 5.64. The maximum absolute atomic E-state index is 13.3. The molecular weight excluding hydrogens is 334 g/mol. The van der Waals surface area contributed by atoms with Gasteiger partial charge in [0.2, 0.25) is 5.91 Å². The molecule has 2 aromatic heterocycles. The molecule has 1 saturated heterocycles. The molecule has 0 bridgehead atoms. The number of carbonyl (C=O) groups excluding carboxylic acids is 1. The lowest BCUT2D eigenvalue weighted by molar-refractivity contribution is -0.134. The molecule has 1 N–H and O–H groups in total. The average molecular weight is 353 g/mol. The van der Waals surface area contributed by atoms with E-state index in [1.807, 2.05) is 35.2 Å². The van der Waals surface area contributed by atoms with E-state index in [0.717, 1.165) is 36.9 Å². The first-order chi connectivity index (χ1) is 12.3. The molecule has 3 aromatic rings. The lowest BCUT2D eigenvalue weighted by atomic mass is 10.0. The van der Waals surface area contributed by atoms with Crippen LogP contribution in [0.15, 0.2) is 42.9 Å². The number of fused-ring (bicyclic) bond motifs is 1. The maximum Gasteiger partial charge on any atom is 0.250 e. The summed E-state index contributed by atoms with van der Waals surface area (Å²) in [4.78, 5) is 19.7. The molecule has 0 aliphatic carbocycles. The molecule has 7 heteroatoms. The number of carbonyl (C=O) groups is 1. The van der Waals surface area contributed by atoms with E-state index in [4.69, 9.17) is 12.2 Å². The highest BCUT2D eigenvalue weighted by Crippen LogP contribution is 2.25. The van der Waals surface area contributed by atoms with Crippen LogP contribution in [-0.2, 0) is 4.79 Å². The first-order valence-electron chi connectivity index (χ1n) is 8.49. The third kappa shape index (κ3) is 2.95. The molecular formula is C18H19N5OS. The summed E-state index contributed by atoms with van der Waals surface area (Å²) in [7, 11) is 0. The van der Waals surface area contributed by atoms with Gasteiger partial charge in [-0.15, -0.1) is 0 Å². The summed E-state index contributed by atoms with van der Waals surface area (Å²) in [6, 6.07) is 9.27. The van der Waals surface area contributed by atoms with Crippen LogP contribution in [0.1, 0.15) is 30.9 Å². The van der Waals surface area contributed by atoms with Crippen LogP contribution in [0.5, 0.6) is 0 Å². The lowest BCUT2D eigenvalue weighted by Gasteiger charge is -2.31. The number of nitrogens with zero attached hydrogens (tertiary/aromatic N) is 4. The van der Waals surface area contributed by atoms with Crippen molar-refractivity contribution in [3.63, 3.8) is 0 Å². The predicted octanol–water partition coefficient (Wildman–Crippen LogP) is 3.09. The van der Waals surface area contributed by atoms with E-state index in [-0.39, 0.29) is 5.91 Å². The van der Waals surface area contributed by atoms with E-state index in [1.165, 1.54) is 6.42 Å². The van der Waals surface area contributed by atoms with Gasteiger partial charge in [-0.25, -0.2) is 4.98 Å². The van der Waals surface area contributed by atoms with Gasteiger partial charge in [0.05, 0.1) is 17.9 Å². The molecule has 0 spiro atoms. The third-order valence-electron chi connectivity index (χ3n) is 4.69. The Labute approximate surface area is 150 Å². The highest BCUT2D eigenvalue weighted by molar-refractivity contribution is 7.71. The Morgan fingerprint density at radius 1 is 1.16 bits per heavy atom. The first kappa shape index (κ1) is 16.0. The lowest BCUT2D eigenvalue weighted by Crippen LogP contribution is -2.41. The molecule has 1 aromatic carbocycles. The van der Waals surface area contributed by atoms with E-state index in [0.29, 0.717) is 10.3 Å². The van der Waals surface area contributed by atoms with Crippen molar-refractivity contribution in [2.45, 2.75) is 25.3 Å². The second-order valence-electron chi connectivity index (χ2n) is 6.29. The smallest absolute Gasteiger partial charge is 0.250 e. The number of amides is 1. The number of rotatable bonds is 3. The van der Waals surface area contributed by atoms with Crippen LogP contribution in [0.2, 0.25) is 0 Å². The summed E-state index contributed by atoms with van der Waals surface area (Å²) in [6.07, 6.45) is 6.59. The Morgan fingerprint density at radius 2 is 1.92 bits per heavy atom. The second kappa shape index (κ2) is 6.76. The maximum atomic E-state index is 13.3. The van der Waals surface area contributed by atoms with Gasteiger partial charge in [0, 0.05) is 13.1 Å². The van der Waals surface area contributed by atoms with Gasteiger partial charge < -0.3 is 9.47 Å². The summed E-state index contributed by atoms with van der Waals surface area (Å²) in [5.41, 5.74) is 1.55. The van der Waals surface area contributed by atoms with Crippen LogP contribution in [0.4, 0.5) is 0 Å². The van der Waals surface area contributed by atoms with Gasteiger partial charge in [0.1, 0.15) is 10.7 Å². The van der Waals surface area contributed by atoms with Gasteiger partial charge in [-0.1, -0.05) is 42.5 Å². The summed E-state index contributed by atoms with van der Waals surface area (Å²) in [5, 5.41) is 7.58. The number of benzene rings is 1. The van der Waals surface area contributed by atoms with Crippen molar-refractivity contribution in [3.8, 4) is 0 Å². The Bertz CT molecular complexity index is 943. The molecule has 1 fully saturated rings. The van der Waals surface area contributed by atoms with E-state index < -0.39 is 6.04 Å². The molecule has 3 heterocycles. The standard InChI is InChI=1S/C18H19N5OS/c24-17(22-9-5-2-6-10-22)15(13-7-3-1-4-8-13)23-12-19-16-14(18(23)25)11-20-21-16/h1,3-4,7-8,11-12,15H,2,5-6,9-10H2,(H,20,21). The van der Waals surface area contributed by atoms with Crippen LogP contribution >= 0.6 is 12.2 Å². The topological polar surface area (TPSA) is 66.8 Å². The van der Waals surface area contributed by atoms with E-state index in [2.05, 4.69) is 15.2 Å². The number of nitrogens with one attached hydrogen (secondary N) is 1. The molecule has 1 amide bonds. The molecule has 1 aliphatic rings. The molecule has 4 rings (SSSR count). The third-order valence-corrected chi connectivity index (χ3v) is 5.12. The number of hydrogen-bond acceptors (Lipinski definition) is 4. The van der Waals surface area contributed by atoms with Crippen molar-refractivity contribution < 1.29 is 4.79 Å². The second-order valence-corrected chi connectivity index (χ2v) is 6.68. The largest absolute Gasteiger partial charge is 0.341 e. The highest BCUT2D eigenvalue weighted by atomic mass is 32.1. The van der Waals surface area contributed by atoms with Gasteiger partial charge in [0.25, 0.3) is 0 Å². The van der Waals surface area contributed by atoms with Crippen LogP contribution in [-0.4, -0.2) is 43.6 Å². The SMILES string of the molecule is O=C(C(c1ccccc1)n1cnc2[nH]ncc2c1=S)N1CCCCC1. The van der Waals surface area contributed by atoms with Gasteiger partial charge in [0.15, 0.2) is 5.65 Å². The van der Waals surface area contributed by atoms with Gasteiger partial charge in [-0.2, -0.15) is 5.10 Å². The summed E-state index contributed by atoms with van der Waals surface area (Å²) in [6.45, 7) is 1.60. The molecule has 1 unspecified atom stereocenters. The minimum absolute atomic E-state index is 0.0756. The van der Waals surface area contributed by atoms with E-state index in [9.17, 15) is 4.79 Å². The molecule has 1 atom stereocenters. The number of hydrogen-bond donors (Lipinski definition) is 1. The van der Waals surface area contributed by atoms with Crippen LogP contribution in [0.3, 0.4) is 0 Å². The van der Waals surface area contributed by atoms with E-state index in [1.54, 1.807) is 17.1 Å². The Morgan fingerprint density at radius 3 is 2.68 bits per heavy atom. The normalized spacial score (nSPS) is 16.1. The molecule has 6 nitrogen and oxygen atoms in total. The zero-order valence-corrected chi connectivity index (χ0v) is 14.6. The van der Waals surface area contributed by atoms with Gasteiger partial charge in [-0.05, 0) is 24.8 Å². The predicted molar refractivity (Wildman–Crippen MR) is 97.7 cm³/mol. The Hall–Kier alpha value is -2.54. The highest BCUT2D eigenvalue weighted by Gasteiger charge is 2.29. The number of piperidine rings is 1. The van der Waals surface area contributed by atoms with E-state index >= 15 is 0 Å². The fourth-order valence-corrected chi connectivity index (χ4v) is 3.68. The molecule has 0 radical (unpaired) electrons. The number of H-pyrrole nitrogens is 1.